The number of aromatic nitrogens is 3. The number of nitrogens with zero attached hydrogens (tertiary/aromatic N) is 3. The number of H-pyrrole nitrogens is 1. The standard InChI is InChI=1S/C28H23FN4O2/c1-28(2,10-11-30)26-25(18-6-8-19(9-7-18)27(34)35)22-14-23-20(15-31-32-23)13-24(22)33(26)16-17-4-3-5-21(29)12-17/h3-9,12-15H,10,16H2,1-2H3,(H,31,32)(H,34,35). The fourth-order valence-corrected chi connectivity index (χ4v) is 4.82. The van der Waals surface area contributed by atoms with Gasteiger partial charge in [-0.15, -0.1) is 0 Å². The first-order chi connectivity index (χ1) is 16.8. The van der Waals surface area contributed by atoms with Gasteiger partial charge in [-0.25, -0.2) is 9.18 Å². The predicted octanol–water partition coefficient (Wildman–Crippen LogP) is 6.26. The number of carboxylic acids is 1. The molecule has 0 aliphatic heterocycles. The van der Waals surface area contributed by atoms with E-state index < -0.39 is 11.4 Å². The highest BCUT2D eigenvalue weighted by molar-refractivity contribution is 6.05. The second kappa shape index (κ2) is 8.41. The number of fused-ring (bicyclic) bond motifs is 2. The molecule has 0 amide bonds. The van der Waals surface area contributed by atoms with E-state index in [1.165, 1.54) is 12.1 Å². The van der Waals surface area contributed by atoms with Crippen molar-refractivity contribution in [3.05, 3.63) is 89.5 Å². The van der Waals surface area contributed by atoms with Gasteiger partial charge in [0.25, 0.3) is 0 Å². The number of aromatic carboxylic acids is 1. The van der Waals surface area contributed by atoms with Crippen molar-refractivity contribution in [3.8, 4) is 17.2 Å². The summed E-state index contributed by atoms with van der Waals surface area (Å²) in [5.74, 6) is -1.30. The Morgan fingerprint density at radius 3 is 2.63 bits per heavy atom. The first-order valence-corrected chi connectivity index (χ1v) is 11.2. The molecule has 0 saturated carbocycles. The van der Waals surface area contributed by atoms with Crippen LogP contribution in [0.2, 0.25) is 0 Å². The van der Waals surface area contributed by atoms with Crippen LogP contribution in [0.5, 0.6) is 0 Å². The zero-order valence-electron chi connectivity index (χ0n) is 19.3. The van der Waals surface area contributed by atoms with Gasteiger partial charge in [-0.1, -0.05) is 38.1 Å². The lowest BCUT2D eigenvalue weighted by Crippen LogP contribution is -2.22. The van der Waals surface area contributed by atoms with Crippen molar-refractivity contribution in [2.75, 3.05) is 0 Å². The molecule has 0 spiro atoms. The normalized spacial score (nSPS) is 11.7. The lowest BCUT2D eigenvalue weighted by atomic mass is 9.81. The van der Waals surface area contributed by atoms with Crippen LogP contribution in [0.3, 0.4) is 0 Å². The van der Waals surface area contributed by atoms with Crippen LogP contribution in [0.15, 0.2) is 66.9 Å². The monoisotopic (exact) mass is 466 g/mol. The highest BCUT2D eigenvalue weighted by Gasteiger charge is 2.31. The maximum absolute atomic E-state index is 14.1. The lowest BCUT2D eigenvalue weighted by Gasteiger charge is -2.26. The van der Waals surface area contributed by atoms with E-state index in [9.17, 15) is 19.6 Å². The van der Waals surface area contributed by atoms with Crippen LogP contribution in [0.4, 0.5) is 4.39 Å². The van der Waals surface area contributed by atoms with E-state index in [1.807, 2.05) is 26.0 Å². The highest BCUT2D eigenvalue weighted by atomic mass is 19.1. The van der Waals surface area contributed by atoms with Crippen molar-refractivity contribution in [1.29, 1.82) is 5.26 Å². The Morgan fingerprint density at radius 1 is 1.17 bits per heavy atom. The van der Waals surface area contributed by atoms with Gasteiger partial charge < -0.3 is 9.67 Å². The number of benzene rings is 3. The third-order valence-corrected chi connectivity index (χ3v) is 6.44. The van der Waals surface area contributed by atoms with E-state index in [-0.39, 0.29) is 17.8 Å². The van der Waals surface area contributed by atoms with E-state index in [0.717, 1.165) is 44.2 Å². The third-order valence-electron chi connectivity index (χ3n) is 6.44. The molecule has 5 rings (SSSR count). The van der Waals surface area contributed by atoms with Crippen LogP contribution in [0.1, 0.15) is 41.9 Å². The summed E-state index contributed by atoms with van der Waals surface area (Å²) in [5.41, 5.74) is 4.95. The number of nitrogens with one attached hydrogen (secondary N) is 1. The minimum Gasteiger partial charge on any atom is -0.478 e. The lowest BCUT2D eigenvalue weighted by molar-refractivity contribution is 0.0697. The number of hydrogen-bond donors (Lipinski definition) is 2. The van der Waals surface area contributed by atoms with Gasteiger partial charge in [-0.3, -0.25) is 5.10 Å². The maximum Gasteiger partial charge on any atom is 0.335 e. The Kier molecular flexibility index (Phi) is 5.37. The Hall–Kier alpha value is -4.44. The number of nitriles is 1. The molecule has 2 heterocycles. The average molecular weight is 467 g/mol. The molecular formula is C28H23FN4O2. The largest absolute Gasteiger partial charge is 0.478 e. The third kappa shape index (κ3) is 3.93. The Balaban J connectivity index is 1.87. The number of rotatable bonds is 6. The summed E-state index contributed by atoms with van der Waals surface area (Å²) in [7, 11) is 0. The van der Waals surface area contributed by atoms with Crippen molar-refractivity contribution in [3.63, 3.8) is 0 Å². The van der Waals surface area contributed by atoms with Gasteiger partial charge in [0.15, 0.2) is 0 Å². The van der Waals surface area contributed by atoms with Crippen molar-refractivity contribution < 1.29 is 14.3 Å². The summed E-state index contributed by atoms with van der Waals surface area (Å²) in [6, 6.07) is 19.7. The van der Waals surface area contributed by atoms with Gasteiger partial charge in [-0.05, 0) is 47.5 Å². The molecule has 2 N–H and O–H groups in total. The summed E-state index contributed by atoms with van der Waals surface area (Å²) >= 11 is 0. The highest BCUT2D eigenvalue weighted by Crippen LogP contribution is 2.44. The Bertz CT molecular complexity index is 1620. The summed E-state index contributed by atoms with van der Waals surface area (Å²) in [6.45, 7) is 4.46. The molecule has 0 bridgehead atoms. The minimum atomic E-state index is -0.991. The van der Waals surface area contributed by atoms with Gasteiger partial charge in [0, 0.05) is 40.4 Å². The van der Waals surface area contributed by atoms with E-state index >= 15 is 0 Å². The number of carboxylic acid groups (broad SMARTS) is 1. The van der Waals surface area contributed by atoms with Crippen molar-refractivity contribution in [1.82, 2.24) is 14.8 Å². The molecule has 0 unspecified atom stereocenters. The van der Waals surface area contributed by atoms with E-state index in [2.05, 4.69) is 26.9 Å². The predicted molar refractivity (Wildman–Crippen MR) is 133 cm³/mol. The molecule has 6 nitrogen and oxygen atoms in total. The van der Waals surface area contributed by atoms with Gasteiger partial charge in [-0.2, -0.15) is 10.4 Å². The van der Waals surface area contributed by atoms with Gasteiger partial charge >= 0.3 is 5.97 Å². The van der Waals surface area contributed by atoms with Crippen LogP contribution in [-0.2, 0) is 12.0 Å². The molecule has 0 fully saturated rings. The molecule has 0 aliphatic carbocycles. The smallest absolute Gasteiger partial charge is 0.335 e. The average Bonchev–Trinajstić information content (AvgIpc) is 3.40. The second-order valence-corrected chi connectivity index (χ2v) is 9.37. The second-order valence-electron chi connectivity index (χ2n) is 9.37. The van der Waals surface area contributed by atoms with Crippen molar-refractivity contribution >= 4 is 27.8 Å². The Labute approximate surface area is 201 Å². The fourth-order valence-electron chi connectivity index (χ4n) is 4.82. The molecule has 0 atom stereocenters. The molecule has 0 radical (unpaired) electrons. The van der Waals surface area contributed by atoms with Crippen molar-refractivity contribution in [2.24, 2.45) is 0 Å². The zero-order valence-corrected chi connectivity index (χ0v) is 19.3. The number of aromatic amines is 1. The Morgan fingerprint density at radius 2 is 1.94 bits per heavy atom. The molecule has 5 aromatic rings. The molecule has 7 heteroatoms. The molecule has 2 aromatic heterocycles. The van der Waals surface area contributed by atoms with Crippen LogP contribution >= 0.6 is 0 Å². The first kappa shape index (κ1) is 22.4. The quantitative estimate of drug-likeness (QED) is 0.309. The van der Waals surface area contributed by atoms with E-state index in [4.69, 9.17) is 0 Å². The first-order valence-electron chi connectivity index (χ1n) is 11.2. The SMILES string of the molecule is CC(C)(CC#N)c1c(-c2ccc(C(=O)O)cc2)c2cc3[nH]ncc3cc2n1Cc1cccc(F)c1. The molecule has 174 valence electrons. The zero-order chi connectivity index (χ0) is 24.7. The molecule has 0 saturated heterocycles. The summed E-state index contributed by atoms with van der Waals surface area (Å²) in [4.78, 5) is 11.4. The van der Waals surface area contributed by atoms with Crippen LogP contribution in [0, 0.1) is 17.1 Å². The van der Waals surface area contributed by atoms with E-state index in [1.54, 1.807) is 36.5 Å². The van der Waals surface area contributed by atoms with Gasteiger partial charge in [0.05, 0.1) is 28.9 Å². The molecule has 35 heavy (non-hydrogen) atoms. The van der Waals surface area contributed by atoms with Crippen LogP contribution < -0.4 is 0 Å². The van der Waals surface area contributed by atoms with Gasteiger partial charge in [0.1, 0.15) is 5.82 Å². The van der Waals surface area contributed by atoms with Crippen LogP contribution in [-0.4, -0.2) is 25.8 Å². The summed E-state index contributed by atoms with van der Waals surface area (Å²) < 4.78 is 16.2. The van der Waals surface area contributed by atoms with E-state index in [0.29, 0.717) is 6.54 Å². The summed E-state index contributed by atoms with van der Waals surface area (Å²) in [5, 5.41) is 28.1. The number of hydrogen-bond acceptors (Lipinski definition) is 3. The van der Waals surface area contributed by atoms with Crippen molar-refractivity contribution in [2.45, 2.75) is 32.2 Å². The minimum absolute atomic E-state index is 0.200. The molecular weight excluding hydrogens is 443 g/mol. The fraction of sp³-hybridized carbons (Fsp3) is 0.179. The molecule has 3 aromatic carbocycles. The number of carbonyl (C=O) groups is 1. The summed E-state index contributed by atoms with van der Waals surface area (Å²) in [6.07, 6.45) is 2.03. The van der Waals surface area contributed by atoms with Crippen LogP contribution in [0.25, 0.3) is 32.9 Å². The topological polar surface area (TPSA) is 94.7 Å². The number of halogens is 1. The maximum atomic E-state index is 14.1. The molecule has 0 aliphatic rings. The van der Waals surface area contributed by atoms with Gasteiger partial charge in [0.2, 0.25) is 0 Å².